The van der Waals surface area contributed by atoms with Gasteiger partial charge in [-0.15, -0.1) is 36.2 Å². The molecule has 2 N–H and O–H groups in total. The smallest absolute Gasteiger partial charge is 0.252 e. The largest absolute Gasteiger partial charge is 0.351 e. The Morgan fingerprint density at radius 3 is 2.69 bits per heavy atom. The molecule has 26 heavy (non-hydrogen) atoms. The lowest BCUT2D eigenvalue weighted by molar-refractivity contribution is 0.0955. The molecular formula is C17H23Cl2N5OS. The lowest BCUT2D eigenvalue weighted by Crippen LogP contribution is -2.30. The molecule has 0 spiro atoms. The number of nitrogens with zero attached hydrogens (tertiary/aromatic N) is 3. The van der Waals surface area contributed by atoms with E-state index in [0.29, 0.717) is 12.1 Å². The van der Waals surface area contributed by atoms with Crippen molar-refractivity contribution in [3.8, 4) is 10.6 Å². The van der Waals surface area contributed by atoms with Crippen molar-refractivity contribution in [2.75, 3.05) is 20.1 Å². The normalized spacial score (nSPS) is 10.5. The van der Waals surface area contributed by atoms with Gasteiger partial charge in [0.1, 0.15) is 0 Å². The van der Waals surface area contributed by atoms with Gasteiger partial charge < -0.3 is 10.6 Å². The van der Waals surface area contributed by atoms with E-state index in [1.165, 1.54) is 0 Å². The summed E-state index contributed by atoms with van der Waals surface area (Å²) in [6, 6.07) is 6.03. The number of amides is 1. The molecule has 0 aliphatic carbocycles. The first-order valence-electron chi connectivity index (χ1n) is 7.96. The molecule has 3 aromatic rings. The third-order valence-corrected chi connectivity index (χ3v) is 4.63. The highest BCUT2D eigenvalue weighted by atomic mass is 35.5. The van der Waals surface area contributed by atoms with Crippen LogP contribution < -0.4 is 10.6 Å². The maximum Gasteiger partial charge on any atom is 0.252 e. The molecule has 0 fully saturated rings. The minimum Gasteiger partial charge on any atom is -0.351 e. The number of aromatic nitrogens is 3. The van der Waals surface area contributed by atoms with Crippen molar-refractivity contribution in [1.29, 1.82) is 0 Å². The number of nitrogens with one attached hydrogen (secondary N) is 2. The number of fused-ring (bicyclic) bond motifs is 1. The van der Waals surface area contributed by atoms with Gasteiger partial charge in [0.25, 0.3) is 5.91 Å². The molecule has 3 aromatic heterocycles. The van der Waals surface area contributed by atoms with Crippen LogP contribution in [-0.4, -0.2) is 40.8 Å². The van der Waals surface area contributed by atoms with Gasteiger partial charge in [-0.25, -0.2) is 9.67 Å². The molecular weight excluding hydrogens is 393 g/mol. The van der Waals surface area contributed by atoms with Crippen molar-refractivity contribution in [2.24, 2.45) is 0 Å². The fourth-order valence-electron chi connectivity index (χ4n) is 2.53. The number of carbonyl (C=O) groups is 1. The van der Waals surface area contributed by atoms with Gasteiger partial charge in [0, 0.05) is 19.1 Å². The summed E-state index contributed by atoms with van der Waals surface area (Å²) in [5.41, 5.74) is 2.17. The number of carbonyl (C=O) groups excluding carboxylic acids is 1. The molecule has 3 heterocycles. The van der Waals surface area contributed by atoms with Crippen molar-refractivity contribution >= 4 is 53.1 Å². The van der Waals surface area contributed by atoms with Gasteiger partial charge in [-0.05, 0) is 38.4 Å². The highest BCUT2D eigenvalue weighted by molar-refractivity contribution is 7.13. The SMILES string of the molecule is CNCCNC(=O)c1cc(-c2cccs2)nc2c1cnn2C(C)C.Cl.Cl. The Morgan fingerprint density at radius 1 is 1.31 bits per heavy atom. The zero-order valence-electron chi connectivity index (χ0n) is 14.9. The van der Waals surface area contributed by atoms with E-state index >= 15 is 0 Å². The summed E-state index contributed by atoms with van der Waals surface area (Å²) in [7, 11) is 1.86. The molecule has 3 rings (SSSR count). The predicted octanol–water partition coefficient (Wildman–Crippen LogP) is 3.53. The summed E-state index contributed by atoms with van der Waals surface area (Å²) in [6.07, 6.45) is 1.73. The highest BCUT2D eigenvalue weighted by Crippen LogP contribution is 2.28. The third-order valence-electron chi connectivity index (χ3n) is 3.73. The van der Waals surface area contributed by atoms with Gasteiger partial charge >= 0.3 is 0 Å². The molecule has 1 amide bonds. The van der Waals surface area contributed by atoms with Crippen LogP contribution in [-0.2, 0) is 0 Å². The van der Waals surface area contributed by atoms with Gasteiger partial charge in [-0.3, -0.25) is 4.79 Å². The molecule has 6 nitrogen and oxygen atoms in total. The lowest BCUT2D eigenvalue weighted by Gasteiger charge is -2.10. The second-order valence-corrected chi connectivity index (χ2v) is 6.76. The van der Waals surface area contributed by atoms with Crippen molar-refractivity contribution in [2.45, 2.75) is 19.9 Å². The topological polar surface area (TPSA) is 71.8 Å². The minimum atomic E-state index is -0.0984. The Hall–Kier alpha value is -1.67. The quantitative estimate of drug-likeness (QED) is 0.603. The Labute approximate surface area is 169 Å². The molecule has 0 unspecified atom stereocenters. The van der Waals surface area contributed by atoms with Crippen LogP contribution in [0.2, 0.25) is 0 Å². The average Bonchev–Trinajstić information content (AvgIpc) is 3.23. The molecule has 0 aromatic carbocycles. The van der Waals surface area contributed by atoms with Crippen molar-refractivity contribution in [1.82, 2.24) is 25.4 Å². The zero-order valence-corrected chi connectivity index (χ0v) is 17.3. The van der Waals surface area contributed by atoms with E-state index in [0.717, 1.165) is 28.1 Å². The fourth-order valence-corrected chi connectivity index (χ4v) is 3.22. The number of hydrogen-bond donors (Lipinski definition) is 2. The second kappa shape index (κ2) is 9.87. The van der Waals surface area contributed by atoms with Gasteiger partial charge in [-0.2, -0.15) is 5.10 Å². The van der Waals surface area contributed by atoms with Crippen LogP contribution in [0.4, 0.5) is 0 Å². The standard InChI is InChI=1S/C17H21N5OS.2ClH/c1-11(2)22-16-13(10-20-22)12(17(23)19-7-6-18-3)9-14(21-16)15-5-4-8-24-15;;/h4-5,8-11,18H,6-7H2,1-3H3,(H,19,23);2*1H. The third kappa shape index (κ3) is 4.54. The van der Waals surface area contributed by atoms with Crippen molar-refractivity contribution in [3.63, 3.8) is 0 Å². The van der Waals surface area contributed by atoms with Gasteiger partial charge in [-0.1, -0.05) is 6.07 Å². The number of likely N-dealkylation sites (N-methyl/N-ethyl adjacent to an activating group) is 1. The molecule has 0 aliphatic rings. The Bertz CT molecular complexity index is 848. The highest BCUT2D eigenvalue weighted by Gasteiger charge is 2.18. The van der Waals surface area contributed by atoms with Crippen molar-refractivity contribution < 1.29 is 4.79 Å². The number of thiophene rings is 1. The van der Waals surface area contributed by atoms with E-state index in [1.54, 1.807) is 17.5 Å². The maximum atomic E-state index is 12.6. The first-order chi connectivity index (χ1) is 11.6. The minimum absolute atomic E-state index is 0. The average molecular weight is 416 g/mol. The number of hydrogen-bond acceptors (Lipinski definition) is 5. The monoisotopic (exact) mass is 415 g/mol. The molecule has 142 valence electrons. The Kier molecular flexibility index (Phi) is 8.49. The number of rotatable bonds is 6. The number of halogens is 2. The van der Waals surface area contributed by atoms with Gasteiger partial charge in [0.05, 0.1) is 27.7 Å². The summed E-state index contributed by atoms with van der Waals surface area (Å²) in [5.74, 6) is -0.0984. The van der Waals surface area contributed by atoms with Crippen molar-refractivity contribution in [3.05, 3.63) is 35.3 Å². The lowest BCUT2D eigenvalue weighted by atomic mass is 10.1. The van der Waals surface area contributed by atoms with Crippen LogP contribution in [0.5, 0.6) is 0 Å². The second-order valence-electron chi connectivity index (χ2n) is 5.81. The van der Waals surface area contributed by atoms with Gasteiger partial charge in [0.2, 0.25) is 0 Å². The van der Waals surface area contributed by atoms with E-state index < -0.39 is 0 Å². The van der Waals surface area contributed by atoms with Gasteiger partial charge in [0.15, 0.2) is 5.65 Å². The molecule has 0 aliphatic heterocycles. The van der Waals surface area contributed by atoms with E-state index in [9.17, 15) is 4.79 Å². The molecule has 9 heteroatoms. The van der Waals surface area contributed by atoms with Crippen LogP contribution in [0.15, 0.2) is 29.8 Å². The summed E-state index contributed by atoms with van der Waals surface area (Å²) < 4.78 is 1.86. The first-order valence-corrected chi connectivity index (χ1v) is 8.84. The van der Waals surface area contributed by atoms with E-state index in [2.05, 4.69) is 29.6 Å². The van der Waals surface area contributed by atoms with Crippen LogP contribution >= 0.6 is 36.2 Å². The Morgan fingerprint density at radius 2 is 2.08 bits per heavy atom. The van der Waals surface area contributed by atoms with E-state index in [4.69, 9.17) is 4.98 Å². The van der Waals surface area contributed by atoms with E-state index in [-0.39, 0.29) is 36.8 Å². The molecule has 0 saturated heterocycles. The summed E-state index contributed by atoms with van der Waals surface area (Å²) in [6.45, 7) is 5.41. The van der Waals surface area contributed by atoms with Crippen LogP contribution in [0, 0.1) is 0 Å². The fraction of sp³-hybridized carbons (Fsp3) is 0.353. The Balaban J connectivity index is 0.00000169. The van der Waals surface area contributed by atoms with E-state index in [1.807, 2.05) is 35.3 Å². The van der Waals surface area contributed by atoms with Crippen LogP contribution in [0.1, 0.15) is 30.2 Å². The van der Waals surface area contributed by atoms with Crippen LogP contribution in [0.25, 0.3) is 21.6 Å². The molecule has 0 atom stereocenters. The summed E-state index contributed by atoms with van der Waals surface area (Å²) in [4.78, 5) is 18.4. The van der Waals surface area contributed by atoms with Crippen LogP contribution in [0.3, 0.4) is 0 Å². The summed E-state index contributed by atoms with van der Waals surface area (Å²) >= 11 is 1.61. The predicted molar refractivity (Wildman–Crippen MR) is 112 cm³/mol. The molecule has 0 radical (unpaired) electrons. The molecule has 0 bridgehead atoms. The summed E-state index contributed by atoms with van der Waals surface area (Å²) in [5, 5.41) is 13.2. The zero-order chi connectivity index (χ0) is 17.1. The first kappa shape index (κ1) is 22.4. The maximum absolute atomic E-state index is 12.6. The number of pyridine rings is 1. The molecule has 0 saturated carbocycles.